The Hall–Kier alpha value is -1.16. The van der Waals surface area contributed by atoms with Crippen molar-refractivity contribution in [2.75, 3.05) is 27.2 Å². The number of likely N-dealkylation sites (N-methyl/N-ethyl adjacent to an activating group) is 1. The van der Waals surface area contributed by atoms with Crippen molar-refractivity contribution in [1.82, 2.24) is 4.90 Å². The number of nitrogens with zero attached hydrogens (tertiary/aromatic N) is 1. The van der Waals surface area contributed by atoms with Gasteiger partial charge >= 0.3 is 0 Å². The fraction of sp³-hybridized carbons (Fsp3) is 0.818. The lowest BCUT2D eigenvalue weighted by Crippen LogP contribution is -2.33. The van der Waals surface area contributed by atoms with E-state index in [0.29, 0.717) is 0 Å². The van der Waals surface area contributed by atoms with Crippen LogP contribution in [-0.4, -0.2) is 44.0 Å². The van der Waals surface area contributed by atoms with Gasteiger partial charge in [0, 0.05) is 19.4 Å². The molecule has 1 heterocycles. The van der Waals surface area contributed by atoms with Gasteiger partial charge in [-0.15, -0.1) is 0 Å². The quantitative estimate of drug-likeness (QED) is 0.0531. The van der Waals surface area contributed by atoms with Crippen LogP contribution in [0.1, 0.15) is 195 Å². The van der Waals surface area contributed by atoms with E-state index in [1.54, 1.807) is 0 Å². The molecule has 1 aliphatic rings. The highest BCUT2D eigenvalue weighted by Gasteiger charge is 2.40. The molecule has 0 bridgehead atoms. The Kier molecular flexibility index (Phi) is 35.2. The molecule has 47 heavy (non-hydrogen) atoms. The lowest BCUT2D eigenvalue weighted by atomic mass is 9.98. The molecule has 0 N–H and O–H groups in total. The molecule has 1 unspecified atom stereocenters. The Labute approximate surface area is 296 Å². The fourth-order valence-corrected chi connectivity index (χ4v) is 6.27. The molecule has 0 radical (unpaired) electrons. The summed E-state index contributed by atoms with van der Waals surface area (Å²) in [7, 11) is 4.27. The topological polar surface area (TPSA) is 21.7 Å². The normalized spacial score (nSPS) is 16.4. The molecular formula is C44H83NO2. The number of allylic oxidation sites excluding steroid dienone is 8. The van der Waals surface area contributed by atoms with E-state index in [4.69, 9.17) is 9.47 Å². The molecule has 0 saturated carbocycles. The molecule has 0 spiro atoms. The van der Waals surface area contributed by atoms with Crippen molar-refractivity contribution < 1.29 is 9.47 Å². The number of rotatable bonds is 32. The van der Waals surface area contributed by atoms with Crippen molar-refractivity contribution >= 4 is 0 Å². The number of unbranched alkanes of at least 4 members (excludes halogenated alkanes) is 18. The van der Waals surface area contributed by atoms with Gasteiger partial charge < -0.3 is 14.4 Å². The fourth-order valence-electron chi connectivity index (χ4n) is 6.27. The Morgan fingerprint density at radius 1 is 0.511 bits per heavy atom. The van der Waals surface area contributed by atoms with Gasteiger partial charge in [-0.25, -0.2) is 0 Å². The van der Waals surface area contributed by atoms with Gasteiger partial charge in [0.05, 0.1) is 12.7 Å². The monoisotopic (exact) mass is 658 g/mol. The van der Waals surface area contributed by atoms with Crippen molar-refractivity contribution in [2.45, 2.75) is 207 Å². The van der Waals surface area contributed by atoms with Crippen LogP contribution in [0.5, 0.6) is 0 Å². The molecule has 0 aromatic heterocycles. The third-order valence-electron chi connectivity index (χ3n) is 9.00. The first kappa shape index (κ1) is 45.8. The predicted molar refractivity (Wildman–Crippen MR) is 211 cm³/mol. The molecule has 1 atom stereocenters. The van der Waals surface area contributed by atoms with Crippen molar-refractivity contribution in [1.29, 1.82) is 0 Å². The summed E-state index contributed by atoms with van der Waals surface area (Å²) in [5.74, 6) is -0.328. The Morgan fingerprint density at radius 2 is 0.872 bits per heavy atom. The summed E-state index contributed by atoms with van der Waals surface area (Å²) in [5, 5.41) is 0. The summed E-state index contributed by atoms with van der Waals surface area (Å²) < 4.78 is 13.0. The summed E-state index contributed by atoms with van der Waals surface area (Å²) in [6.07, 6.45) is 52.1. The molecular weight excluding hydrogens is 574 g/mol. The zero-order valence-corrected chi connectivity index (χ0v) is 32.8. The van der Waals surface area contributed by atoms with Crippen LogP contribution in [-0.2, 0) is 9.47 Å². The molecule has 0 aromatic rings. The second-order valence-electron chi connectivity index (χ2n) is 13.9. The van der Waals surface area contributed by atoms with Crippen LogP contribution in [0.3, 0.4) is 0 Å². The maximum atomic E-state index is 6.62. The SMILES string of the molecule is CC.CCCCC/C=C\C/C=C\CCCCCCCCC1(CCCCCCCC/C=C\C/C=C\CCCCC)OCC(CN(C)C)O1. The van der Waals surface area contributed by atoms with Gasteiger partial charge in [-0.05, 0) is 91.1 Å². The molecule has 3 heteroatoms. The summed E-state index contributed by atoms with van der Waals surface area (Å²) in [6.45, 7) is 10.2. The average Bonchev–Trinajstić information content (AvgIpc) is 3.47. The minimum absolute atomic E-state index is 0.217. The van der Waals surface area contributed by atoms with Crippen LogP contribution in [0.2, 0.25) is 0 Å². The van der Waals surface area contributed by atoms with Crippen molar-refractivity contribution in [3.63, 3.8) is 0 Å². The second-order valence-corrected chi connectivity index (χ2v) is 13.9. The second kappa shape index (κ2) is 36.1. The van der Waals surface area contributed by atoms with E-state index in [2.05, 4.69) is 81.5 Å². The van der Waals surface area contributed by atoms with Gasteiger partial charge in [-0.3, -0.25) is 0 Å². The molecule has 3 nitrogen and oxygen atoms in total. The Bertz CT molecular complexity index is 689. The first-order valence-electron chi connectivity index (χ1n) is 20.7. The molecule has 1 saturated heterocycles. The third-order valence-corrected chi connectivity index (χ3v) is 9.00. The van der Waals surface area contributed by atoms with Gasteiger partial charge in [0.25, 0.3) is 0 Å². The smallest absolute Gasteiger partial charge is 0.168 e. The summed E-state index contributed by atoms with van der Waals surface area (Å²) >= 11 is 0. The molecule has 0 amide bonds. The molecule has 0 aromatic carbocycles. The molecule has 276 valence electrons. The van der Waals surface area contributed by atoms with E-state index in [-0.39, 0.29) is 11.9 Å². The number of hydrogen-bond donors (Lipinski definition) is 0. The van der Waals surface area contributed by atoms with E-state index in [0.717, 1.165) is 38.8 Å². The van der Waals surface area contributed by atoms with Crippen LogP contribution >= 0.6 is 0 Å². The van der Waals surface area contributed by atoms with Gasteiger partial charge in [0.2, 0.25) is 0 Å². The highest BCUT2D eigenvalue weighted by Crippen LogP contribution is 2.35. The van der Waals surface area contributed by atoms with Gasteiger partial charge in [-0.2, -0.15) is 0 Å². The Balaban J connectivity index is 0.0000104. The lowest BCUT2D eigenvalue weighted by molar-refractivity contribution is -0.180. The summed E-state index contributed by atoms with van der Waals surface area (Å²) in [6, 6.07) is 0. The van der Waals surface area contributed by atoms with E-state index < -0.39 is 0 Å². The van der Waals surface area contributed by atoms with E-state index >= 15 is 0 Å². The van der Waals surface area contributed by atoms with Gasteiger partial charge in [0.1, 0.15) is 0 Å². The highest BCUT2D eigenvalue weighted by atomic mass is 16.7. The Morgan fingerprint density at radius 3 is 1.26 bits per heavy atom. The van der Waals surface area contributed by atoms with Crippen LogP contribution in [0.4, 0.5) is 0 Å². The van der Waals surface area contributed by atoms with Crippen LogP contribution in [0.25, 0.3) is 0 Å². The minimum atomic E-state index is -0.328. The largest absolute Gasteiger partial charge is 0.347 e. The summed E-state index contributed by atoms with van der Waals surface area (Å²) in [5.41, 5.74) is 0. The lowest BCUT2D eigenvalue weighted by Gasteiger charge is -2.29. The third kappa shape index (κ3) is 30.6. The van der Waals surface area contributed by atoms with Crippen LogP contribution < -0.4 is 0 Å². The minimum Gasteiger partial charge on any atom is -0.347 e. The predicted octanol–water partition coefficient (Wildman–Crippen LogP) is 14.1. The maximum absolute atomic E-state index is 6.62. The van der Waals surface area contributed by atoms with Crippen LogP contribution in [0.15, 0.2) is 48.6 Å². The van der Waals surface area contributed by atoms with E-state index in [1.165, 1.54) is 141 Å². The standard InChI is InChI=1S/C42H77NO2.C2H6/c1-5-7-9-11-13-15-17-19-21-23-25-27-29-31-33-35-37-42(44-40-41(45-42)39-43(3)4)38-36-34-32-30-28-26-24-22-20-18-16-14-12-10-8-6-2;1-2/h13-16,19-22,41H,5-12,17-18,23-40H2,1-4H3;1-2H3/b15-13-,16-14-,21-19-,22-20-;. The molecule has 1 fully saturated rings. The molecule has 1 rings (SSSR count). The van der Waals surface area contributed by atoms with Crippen molar-refractivity contribution in [3.05, 3.63) is 48.6 Å². The van der Waals surface area contributed by atoms with Crippen molar-refractivity contribution in [3.8, 4) is 0 Å². The van der Waals surface area contributed by atoms with Crippen molar-refractivity contribution in [2.24, 2.45) is 0 Å². The first-order chi connectivity index (χ1) is 23.1. The number of ether oxygens (including phenoxy) is 2. The molecule has 1 aliphatic heterocycles. The molecule has 0 aliphatic carbocycles. The summed E-state index contributed by atoms with van der Waals surface area (Å²) in [4.78, 5) is 2.23. The zero-order valence-electron chi connectivity index (χ0n) is 32.8. The number of hydrogen-bond acceptors (Lipinski definition) is 3. The van der Waals surface area contributed by atoms with Gasteiger partial charge in [-0.1, -0.05) is 153 Å². The van der Waals surface area contributed by atoms with Gasteiger partial charge in [0.15, 0.2) is 5.79 Å². The zero-order chi connectivity index (χ0) is 34.5. The maximum Gasteiger partial charge on any atom is 0.168 e. The highest BCUT2D eigenvalue weighted by molar-refractivity contribution is 4.93. The first-order valence-corrected chi connectivity index (χ1v) is 20.7. The average molecular weight is 658 g/mol. The van der Waals surface area contributed by atoms with Crippen LogP contribution in [0, 0.1) is 0 Å². The van der Waals surface area contributed by atoms with E-state index in [9.17, 15) is 0 Å². The van der Waals surface area contributed by atoms with E-state index in [1.807, 2.05) is 13.8 Å².